The number of carbonyl (C=O) groups excluding carboxylic acids is 1. The number of ether oxygens (including phenoxy) is 1. The number of hydrogen-bond acceptors (Lipinski definition) is 3. The standard InChI is InChI=1S/C5H10O2S/c1-7-5(6)3-4-8-2/h3-4H2,1-2H3/i2D3. The molecule has 0 aromatic heterocycles. The highest BCUT2D eigenvalue weighted by atomic mass is 32.2. The maximum atomic E-state index is 10.5. The SMILES string of the molecule is [2H]C([2H])([2H])SCCC(=O)OC. The Morgan fingerprint density at radius 1 is 2.00 bits per heavy atom. The highest BCUT2D eigenvalue weighted by molar-refractivity contribution is 7.98. The molecule has 0 atom stereocenters. The molecule has 0 fully saturated rings. The van der Waals surface area contributed by atoms with Crippen molar-refractivity contribution in [2.45, 2.75) is 6.42 Å². The molecule has 2 nitrogen and oxygen atoms in total. The van der Waals surface area contributed by atoms with Crippen LogP contribution in [0.3, 0.4) is 0 Å². The van der Waals surface area contributed by atoms with Gasteiger partial charge in [0.05, 0.1) is 13.5 Å². The zero-order valence-corrected chi connectivity index (χ0v) is 5.46. The topological polar surface area (TPSA) is 26.3 Å². The average molecular weight is 137 g/mol. The van der Waals surface area contributed by atoms with E-state index in [9.17, 15) is 4.79 Å². The third-order valence-electron chi connectivity index (χ3n) is 0.636. The molecule has 3 heteroatoms. The summed E-state index contributed by atoms with van der Waals surface area (Å²) >= 11 is 0.776. The van der Waals surface area contributed by atoms with Crippen LogP contribution >= 0.6 is 11.8 Å². The van der Waals surface area contributed by atoms with E-state index >= 15 is 0 Å². The first-order chi connectivity index (χ1) is 4.95. The van der Waals surface area contributed by atoms with Gasteiger partial charge in [-0.3, -0.25) is 4.79 Å². The van der Waals surface area contributed by atoms with Gasteiger partial charge in [0, 0.05) is 9.87 Å². The highest BCUT2D eigenvalue weighted by Crippen LogP contribution is 1.95. The lowest BCUT2D eigenvalue weighted by Crippen LogP contribution is -2.00. The van der Waals surface area contributed by atoms with Crippen LogP contribution in [0.2, 0.25) is 0 Å². The van der Waals surface area contributed by atoms with Crippen molar-refractivity contribution in [3.63, 3.8) is 0 Å². The summed E-state index contributed by atoms with van der Waals surface area (Å²) in [5.74, 6) is -0.0925. The van der Waals surface area contributed by atoms with Crippen LogP contribution in [-0.4, -0.2) is 25.0 Å². The van der Waals surface area contributed by atoms with Gasteiger partial charge in [0.25, 0.3) is 0 Å². The van der Waals surface area contributed by atoms with E-state index in [4.69, 9.17) is 4.11 Å². The zero-order chi connectivity index (χ0) is 8.91. The summed E-state index contributed by atoms with van der Waals surface area (Å²) in [5, 5.41) is 0. The molecule has 0 spiro atoms. The summed E-state index contributed by atoms with van der Waals surface area (Å²) in [6.07, 6.45) is -1.85. The lowest BCUT2D eigenvalue weighted by atomic mass is 10.5. The minimum atomic E-state index is -2.01. The largest absolute Gasteiger partial charge is 0.469 e. The molecule has 0 saturated heterocycles. The van der Waals surface area contributed by atoms with E-state index in [2.05, 4.69) is 4.74 Å². The summed E-state index contributed by atoms with van der Waals surface area (Å²) in [6, 6.07) is 0. The molecule has 0 bridgehead atoms. The fraction of sp³-hybridized carbons (Fsp3) is 0.800. The molecule has 0 amide bonds. The lowest BCUT2D eigenvalue weighted by molar-refractivity contribution is -0.140. The van der Waals surface area contributed by atoms with Gasteiger partial charge in [-0.25, -0.2) is 0 Å². The second kappa shape index (κ2) is 4.97. The summed E-state index contributed by atoms with van der Waals surface area (Å²) in [6.45, 7) is 0. The van der Waals surface area contributed by atoms with Crippen molar-refractivity contribution in [1.29, 1.82) is 0 Å². The molecule has 0 rings (SSSR count). The van der Waals surface area contributed by atoms with Crippen molar-refractivity contribution in [1.82, 2.24) is 0 Å². The molecule has 0 aliphatic rings. The Hall–Kier alpha value is -0.180. The van der Waals surface area contributed by atoms with Crippen molar-refractivity contribution in [2.75, 3.05) is 19.0 Å². The van der Waals surface area contributed by atoms with Gasteiger partial charge in [0.2, 0.25) is 0 Å². The molecular weight excluding hydrogens is 124 g/mol. The normalized spacial score (nSPS) is 15.9. The molecule has 0 unspecified atom stereocenters. The highest BCUT2D eigenvalue weighted by Gasteiger charge is 1.95. The molecule has 0 heterocycles. The Balaban J connectivity index is 3.35. The zero-order valence-electron chi connectivity index (χ0n) is 7.64. The van der Waals surface area contributed by atoms with Crippen molar-refractivity contribution in [3.05, 3.63) is 0 Å². The number of methoxy groups -OCH3 is 1. The van der Waals surface area contributed by atoms with Gasteiger partial charge in [0.1, 0.15) is 0 Å². The molecule has 0 aliphatic heterocycles. The minimum absolute atomic E-state index is 0.152. The molecular formula is C5H10O2S. The van der Waals surface area contributed by atoms with E-state index in [1.54, 1.807) is 0 Å². The smallest absolute Gasteiger partial charge is 0.306 e. The monoisotopic (exact) mass is 137 g/mol. The minimum Gasteiger partial charge on any atom is -0.469 e. The van der Waals surface area contributed by atoms with E-state index in [0.717, 1.165) is 11.8 Å². The van der Waals surface area contributed by atoms with Crippen molar-refractivity contribution < 1.29 is 13.6 Å². The molecule has 0 radical (unpaired) electrons. The Kier molecular flexibility index (Phi) is 2.34. The first kappa shape index (κ1) is 3.77. The predicted octanol–water partition coefficient (Wildman–Crippen LogP) is 0.912. The summed E-state index contributed by atoms with van der Waals surface area (Å²) < 4.78 is 24.7. The fourth-order valence-corrected chi connectivity index (χ4v) is 0.505. The molecule has 0 N–H and O–H groups in total. The molecule has 0 aromatic rings. The van der Waals surface area contributed by atoms with E-state index in [-0.39, 0.29) is 18.1 Å². The fourth-order valence-electron chi connectivity index (χ4n) is 0.236. The number of esters is 1. The van der Waals surface area contributed by atoms with Gasteiger partial charge in [-0.2, -0.15) is 11.8 Å². The number of rotatable bonds is 3. The van der Waals surface area contributed by atoms with Crippen LogP contribution in [0.25, 0.3) is 0 Å². The summed E-state index contributed by atoms with van der Waals surface area (Å²) in [4.78, 5) is 10.5. The Labute approximate surface area is 57.8 Å². The first-order valence-corrected chi connectivity index (χ1v) is 3.15. The van der Waals surface area contributed by atoms with Crippen LogP contribution in [0.4, 0.5) is 0 Å². The van der Waals surface area contributed by atoms with Gasteiger partial charge in [0.15, 0.2) is 0 Å². The van der Waals surface area contributed by atoms with Crippen LogP contribution in [0.15, 0.2) is 0 Å². The Bertz CT molecular complexity index is 134. The van der Waals surface area contributed by atoms with E-state index in [0.29, 0.717) is 0 Å². The molecule has 0 aliphatic carbocycles. The quantitative estimate of drug-likeness (QED) is 0.541. The van der Waals surface area contributed by atoms with Gasteiger partial charge in [-0.15, -0.1) is 0 Å². The second-order valence-electron chi connectivity index (χ2n) is 1.17. The van der Waals surface area contributed by atoms with Crippen LogP contribution < -0.4 is 0 Å². The maximum Gasteiger partial charge on any atom is 0.306 e. The number of carbonyl (C=O) groups is 1. The van der Waals surface area contributed by atoms with Crippen LogP contribution in [-0.2, 0) is 9.53 Å². The third-order valence-corrected chi connectivity index (χ3v) is 1.04. The molecule has 0 aromatic carbocycles. The van der Waals surface area contributed by atoms with Gasteiger partial charge in [-0.05, 0) is 6.18 Å². The summed E-state index contributed by atoms with van der Waals surface area (Å²) in [5.41, 5.74) is 0. The van der Waals surface area contributed by atoms with E-state index in [1.165, 1.54) is 7.11 Å². The van der Waals surface area contributed by atoms with Gasteiger partial charge < -0.3 is 4.74 Å². The van der Waals surface area contributed by atoms with Crippen LogP contribution in [0.1, 0.15) is 10.5 Å². The van der Waals surface area contributed by atoms with Crippen molar-refractivity contribution in [3.8, 4) is 0 Å². The van der Waals surface area contributed by atoms with Crippen molar-refractivity contribution in [2.24, 2.45) is 0 Å². The average Bonchev–Trinajstić information content (AvgIpc) is 1.85. The first-order valence-electron chi connectivity index (χ1n) is 3.66. The van der Waals surface area contributed by atoms with Crippen molar-refractivity contribution >= 4 is 17.7 Å². The van der Waals surface area contributed by atoms with E-state index in [1.807, 2.05) is 0 Å². The lowest BCUT2D eigenvalue weighted by Gasteiger charge is -1.93. The van der Waals surface area contributed by atoms with Crippen LogP contribution in [0.5, 0.6) is 0 Å². The number of thioether (sulfide) groups is 1. The molecule has 48 valence electrons. The maximum absolute atomic E-state index is 10.5. The predicted molar refractivity (Wildman–Crippen MR) is 35.0 cm³/mol. The van der Waals surface area contributed by atoms with Crippen LogP contribution in [0, 0.1) is 0 Å². The number of hydrogen-bond donors (Lipinski definition) is 0. The molecule has 8 heavy (non-hydrogen) atoms. The van der Waals surface area contributed by atoms with Gasteiger partial charge in [-0.1, -0.05) is 0 Å². The Morgan fingerprint density at radius 3 is 3.25 bits per heavy atom. The van der Waals surface area contributed by atoms with Gasteiger partial charge >= 0.3 is 5.97 Å². The molecule has 0 saturated carbocycles. The second-order valence-corrected chi connectivity index (χ2v) is 1.87. The third kappa shape index (κ3) is 3.99. The summed E-state index contributed by atoms with van der Waals surface area (Å²) in [7, 11) is 1.28. The van der Waals surface area contributed by atoms with E-state index < -0.39 is 6.18 Å². The Morgan fingerprint density at radius 2 is 2.75 bits per heavy atom.